The van der Waals surface area contributed by atoms with Crippen molar-refractivity contribution in [1.82, 2.24) is 10.1 Å². The number of aryl methyl sites for hydroxylation is 1. The van der Waals surface area contributed by atoms with E-state index in [2.05, 4.69) is 10.1 Å². The van der Waals surface area contributed by atoms with Crippen LogP contribution in [0.2, 0.25) is 0 Å². The number of pyridine rings is 1. The van der Waals surface area contributed by atoms with Crippen molar-refractivity contribution < 1.29 is 19.2 Å². The molecule has 0 aliphatic heterocycles. The highest BCUT2D eigenvalue weighted by molar-refractivity contribution is 5.87. The van der Waals surface area contributed by atoms with Crippen LogP contribution >= 0.6 is 0 Å². The van der Waals surface area contributed by atoms with Crippen molar-refractivity contribution in [3.05, 3.63) is 102 Å². The van der Waals surface area contributed by atoms with Crippen LogP contribution in [0.5, 0.6) is 0 Å². The van der Waals surface area contributed by atoms with Crippen LogP contribution in [0, 0.1) is 6.92 Å². The first-order valence-corrected chi connectivity index (χ1v) is 12.6. The van der Waals surface area contributed by atoms with Crippen molar-refractivity contribution in [3.63, 3.8) is 0 Å². The van der Waals surface area contributed by atoms with Gasteiger partial charge < -0.3 is 14.4 Å². The van der Waals surface area contributed by atoms with E-state index in [9.17, 15) is 9.90 Å². The summed E-state index contributed by atoms with van der Waals surface area (Å²) < 4.78 is 10.9. The van der Waals surface area contributed by atoms with Crippen molar-refractivity contribution >= 4 is 12.0 Å². The Morgan fingerprint density at radius 1 is 1.03 bits per heavy atom. The summed E-state index contributed by atoms with van der Waals surface area (Å²) in [7, 11) is 0. The standard InChI is InChI=1S/C31H30N2O4/c1-3-36-30(35)31(17-18-31)26-13-11-24(12-14-26)23-7-9-25(10-8-23)29-28(21(2)33-37-29)27(34)6-4-5-22-15-19-32-20-16-22/h4-5,7-16,19-20,27,34H,3,6,17-18H2,1-2H3/b5-4+. The molecule has 1 saturated carbocycles. The summed E-state index contributed by atoms with van der Waals surface area (Å²) in [4.78, 5) is 16.4. The highest BCUT2D eigenvalue weighted by Crippen LogP contribution is 2.49. The van der Waals surface area contributed by atoms with Gasteiger partial charge >= 0.3 is 5.97 Å². The summed E-state index contributed by atoms with van der Waals surface area (Å²) in [6.45, 7) is 4.08. The van der Waals surface area contributed by atoms with Crippen LogP contribution in [-0.2, 0) is 14.9 Å². The number of esters is 1. The molecule has 6 heteroatoms. The molecule has 2 heterocycles. The van der Waals surface area contributed by atoms with Gasteiger partial charge in [-0.1, -0.05) is 65.8 Å². The average Bonchev–Trinajstić information content (AvgIpc) is 3.66. The minimum atomic E-state index is -0.735. The van der Waals surface area contributed by atoms with Gasteiger partial charge in [0.1, 0.15) is 0 Å². The average molecular weight is 495 g/mol. The zero-order chi connectivity index (χ0) is 25.8. The third-order valence-corrected chi connectivity index (χ3v) is 6.95. The van der Waals surface area contributed by atoms with E-state index in [1.807, 2.05) is 86.7 Å². The summed E-state index contributed by atoms with van der Waals surface area (Å²) >= 11 is 0. The van der Waals surface area contributed by atoms with E-state index >= 15 is 0 Å². The summed E-state index contributed by atoms with van der Waals surface area (Å²) in [5.74, 6) is 0.453. The predicted octanol–water partition coefficient (Wildman–Crippen LogP) is 6.44. The summed E-state index contributed by atoms with van der Waals surface area (Å²) in [5, 5.41) is 15.0. The van der Waals surface area contributed by atoms with Gasteiger partial charge in [0.05, 0.1) is 29.4 Å². The molecule has 0 radical (unpaired) electrons. The molecule has 1 aliphatic rings. The molecule has 1 N–H and O–H groups in total. The number of aliphatic hydroxyl groups excluding tert-OH is 1. The van der Waals surface area contributed by atoms with E-state index in [1.165, 1.54) is 0 Å². The summed E-state index contributed by atoms with van der Waals surface area (Å²) in [6, 6.07) is 20.0. The normalized spacial score (nSPS) is 15.0. The molecule has 5 rings (SSSR count). The molecule has 1 unspecified atom stereocenters. The van der Waals surface area contributed by atoms with Crippen LogP contribution < -0.4 is 0 Å². The molecule has 188 valence electrons. The van der Waals surface area contributed by atoms with Crippen LogP contribution in [0.3, 0.4) is 0 Å². The molecule has 2 aromatic carbocycles. The third kappa shape index (κ3) is 5.11. The second-order valence-electron chi connectivity index (χ2n) is 9.40. The van der Waals surface area contributed by atoms with E-state index in [0.717, 1.165) is 40.7 Å². The van der Waals surface area contributed by atoms with Crippen LogP contribution in [-0.4, -0.2) is 27.8 Å². The number of carbonyl (C=O) groups is 1. The van der Waals surface area contributed by atoms with E-state index < -0.39 is 11.5 Å². The number of hydrogen-bond acceptors (Lipinski definition) is 6. The monoisotopic (exact) mass is 494 g/mol. The second-order valence-corrected chi connectivity index (χ2v) is 9.40. The molecule has 1 atom stereocenters. The van der Waals surface area contributed by atoms with Gasteiger partial charge in [0.2, 0.25) is 0 Å². The quantitative estimate of drug-likeness (QED) is 0.269. The number of ether oxygens (including phenoxy) is 1. The first kappa shape index (κ1) is 24.7. The molecular formula is C31H30N2O4. The molecule has 0 amide bonds. The molecule has 37 heavy (non-hydrogen) atoms. The molecular weight excluding hydrogens is 464 g/mol. The SMILES string of the molecule is CCOC(=O)C1(c2ccc(-c3ccc(-c4onc(C)c4C(O)C/C=C/c4ccncc4)cc3)cc2)CC1. The van der Waals surface area contributed by atoms with Crippen molar-refractivity contribution in [1.29, 1.82) is 0 Å². The highest BCUT2D eigenvalue weighted by atomic mass is 16.5. The van der Waals surface area contributed by atoms with E-state index in [1.54, 1.807) is 12.4 Å². The molecule has 0 bridgehead atoms. The van der Waals surface area contributed by atoms with Crippen LogP contribution in [0.4, 0.5) is 0 Å². The fourth-order valence-electron chi connectivity index (χ4n) is 4.70. The maximum atomic E-state index is 12.4. The van der Waals surface area contributed by atoms with Crippen molar-refractivity contribution in [2.24, 2.45) is 0 Å². The van der Waals surface area contributed by atoms with E-state index in [-0.39, 0.29) is 5.97 Å². The highest BCUT2D eigenvalue weighted by Gasteiger charge is 2.52. The Bertz CT molecular complexity index is 1390. The van der Waals surface area contributed by atoms with Gasteiger partial charge in [-0.2, -0.15) is 0 Å². The number of carbonyl (C=O) groups excluding carboxylic acids is 1. The Hall–Kier alpha value is -4.03. The second kappa shape index (κ2) is 10.5. The van der Waals surface area contributed by atoms with Gasteiger partial charge in [0.15, 0.2) is 5.76 Å². The lowest BCUT2D eigenvalue weighted by Gasteiger charge is -2.15. The molecule has 4 aromatic rings. The number of aromatic nitrogens is 2. The Balaban J connectivity index is 1.31. The van der Waals surface area contributed by atoms with Crippen molar-refractivity contribution in [2.75, 3.05) is 6.61 Å². The first-order chi connectivity index (χ1) is 18.0. The van der Waals surface area contributed by atoms with Gasteiger partial charge in [-0.3, -0.25) is 9.78 Å². The molecule has 0 saturated heterocycles. The van der Waals surface area contributed by atoms with Gasteiger partial charge in [0, 0.05) is 18.0 Å². The zero-order valence-electron chi connectivity index (χ0n) is 21.1. The summed E-state index contributed by atoms with van der Waals surface area (Å²) in [5.41, 5.74) is 5.92. The van der Waals surface area contributed by atoms with Crippen molar-refractivity contribution in [2.45, 2.75) is 44.6 Å². The molecule has 1 fully saturated rings. The zero-order valence-corrected chi connectivity index (χ0v) is 21.1. The maximum absolute atomic E-state index is 12.4. The number of hydrogen-bond donors (Lipinski definition) is 1. The van der Waals surface area contributed by atoms with E-state index in [4.69, 9.17) is 9.26 Å². The number of benzene rings is 2. The Morgan fingerprint density at radius 3 is 2.27 bits per heavy atom. The first-order valence-electron chi connectivity index (χ1n) is 12.6. The van der Waals surface area contributed by atoms with Crippen LogP contribution in [0.25, 0.3) is 28.5 Å². The smallest absolute Gasteiger partial charge is 0.316 e. The predicted molar refractivity (Wildman–Crippen MR) is 143 cm³/mol. The Labute approximate surface area is 216 Å². The van der Waals surface area contributed by atoms with Crippen molar-refractivity contribution in [3.8, 4) is 22.5 Å². The fourth-order valence-corrected chi connectivity index (χ4v) is 4.70. The molecule has 1 aliphatic carbocycles. The van der Waals surface area contributed by atoms with Gasteiger partial charge in [-0.05, 0) is 67.5 Å². The topological polar surface area (TPSA) is 85.5 Å². The van der Waals surface area contributed by atoms with Gasteiger partial charge in [-0.25, -0.2) is 0 Å². The van der Waals surface area contributed by atoms with E-state index in [0.29, 0.717) is 30.0 Å². The Morgan fingerprint density at radius 2 is 1.65 bits per heavy atom. The molecule has 6 nitrogen and oxygen atoms in total. The third-order valence-electron chi connectivity index (χ3n) is 6.95. The van der Waals surface area contributed by atoms with Crippen LogP contribution in [0.1, 0.15) is 54.7 Å². The summed E-state index contributed by atoms with van der Waals surface area (Å²) in [6.07, 6.45) is 8.76. The van der Waals surface area contributed by atoms with Gasteiger partial charge in [0.25, 0.3) is 0 Å². The van der Waals surface area contributed by atoms with Gasteiger partial charge in [-0.15, -0.1) is 0 Å². The largest absolute Gasteiger partial charge is 0.465 e. The molecule has 0 spiro atoms. The Kier molecular flexibility index (Phi) is 7.01. The minimum absolute atomic E-state index is 0.125. The lowest BCUT2D eigenvalue weighted by atomic mass is 9.93. The number of aliphatic hydroxyl groups is 1. The lowest BCUT2D eigenvalue weighted by Crippen LogP contribution is -2.23. The lowest BCUT2D eigenvalue weighted by molar-refractivity contribution is -0.146. The molecule has 2 aromatic heterocycles. The maximum Gasteiger partial charge on any atom is 0.316 e. The fraction of sp³-hybridized carbons (Fsp3) is 0.258. The minimum Gasteiger partial charge on any atom is -0.465 e. The van der Waals surface area contributed by atoms with Crippen LogP contribution in [0.15, 0.2) is 83.7 Å². The number of nitrogens with zero attached hydrogens (tertiary/aromatic N) is 2. The number of rotatable bonds is 9.